The number of hydrogen-bond acceptors (Lipinski definition) is 8. The van der Waals surface area contributed by atoms with Crippen molar-refractivity contribution in [3.63, 3.8) is 0 Å². The van der Waals surface area contributed by atoms with Gasteiger partial charge in [-0.05, 0) is 66.9 Å². The van der Waals surface area contributed by atoms with E-state index in [1.165, 1.54) is 0 Å². The van der Waals surface area contributed by atoms with E-state index in [2.05, 4.69) is 20.5 Å². The molecule has 0 fully saturated rings. The highest BCUT2D eigenvalue weighted by Crippen LogP contribution is 2.35. The molecular formula is C31H28F6N4O8. The number of carboxylic acid groups (broad SMARTS) is 2. The summed E-state index contributed by atoms with van der Waals surface area (Å²) in [7, 11) is 1.62. The zero-order chi connectivity index (χ0) is 36.4. The maximum absolute atomic E-state index is 13.2. The molecule has 1 amide bonds. The first-order valence-electron chi connectivity index (χ1n) is 13.9. The molecule has 18 heteroatoms. The van der Waals surface area contributed by atoms with Crippen LogP contribution in [0.3, 0.4) is 0 Å². The standard InChI is InChI=1S/C27H26N4O4.2C2HF3O2/c1-17-23(14-29-31-17)18-6-8-24(26(13-18)35-16-21-5-3-4-10-28-21)30-27(32)20-11-19-12-22(33-2)7-9-25(19)34-15-20;2*3-2(4,5)1(6)7/h3-10,12-14,20H,11,15-16H2,1-2H3,(H,29,31)(H,30,32);2*(H,6,7). The molecule has 2 aromatic carbocycles. The van der Waals surface area contributed by atoms with Gasteiger partial charge in [-0.1, -0.05) is 12.1 Å². The SMILES string of the molecule is COc1ccc2c(c1)CC(C(=O)Nc1ccc(-c3cn[nH]c3C)cc1OCc1ccccn1)CO2.O=C(O)C(F)(F)F.O=C(O)C(F)(F)F. The first-order chi connectivity index (χ1) is 23.0. The molecule has 0 bridgehead atoms. The van der Waals surface area contributed by atoms with Gasteiger partial charge >= 0.3 is 24.3 Å². The Hall–Kier alpha value is -5.81. The molecule has 5 rings (SSSR count). The maximum Gasteiger partial charge on any atom is 0.490 e. The predicted molar refractivity (Wildman–Crippen MR) is 159 cm³/mol. The summed E-state index contributed by atoms with van der Waals surface area (Å²) >= 11 is 0. The van der Waals surface area contributed by atoms with Crippen LogP contribution in [0.1, 0.15) is 17.0 Å². The number of pyridine rings is 1. The number of aromatic amines is 1. The van der Waals surface area contributed by atoms with Crippen molar-refractivity contribution < 1.29 is 65.1 Å². The first kappa shape index (κ1) is 37.6. The Morgan fingerprint density at radius 3 is 2.22 bits per heavy atom. The van der Waals surface area contributed by atoms with Crippen LogP contribution >= 0.6 is 0 Å². The summed E-state index contributed by atoms with van der Waals surface area (Å²) in [5, 5.41) is 24.4. The minimum absolute atomic E-state index is 0.131. The molecule has 0 saturated heterocycles. The number of aliphatic carboxylic acids is 2. The van der Waals surface area contributed by atoms with Crippen molar-refractivity contribution in [2.24, 2.45) is 5.92 Å². The largest absolute Gasteiger partial charge is 0.497 e. The zero-order valence-corrected chi connectivity index (χ0v) is 25.6. The van der Waals surface area contributed by atoms with Gasteiger partial charge in [0, 0.05) is 17.5 Å². The molecule has 0 spiro atoms. The van der Waals surface area contributed by atoms with E-state index in [1.54, 1.807) is 19.5 Å². The molecule has 2 aromatic heterocycles. The van der Waals surface area contributed by atoms with Crippen LogP contribution in [0.4, 0.5) is 32.0 Å². The fourth-order valence-electron chi connectivity index (χ4n) is 4.09. The third kappa shape index (κ3) is 11.1. The number of carboxylic acids is 2. The van der Waals surface area contributed by atoms with Crippen molar-refractivity contribution in [2.75, 3.05) is 19.0 Å². The third-order valence-electron chi connectivity index (χ3n) is 6.51. The Morgan fingerprint density at radius 1 is 1.00 bits per heavy atom. The number of ether oxygens (including phenoxy) is 3. The summed E-state index contributed by atoms with van der Waals surface area (Å²) in [5.74, 6) is -3.90. The van der Waals surface area contributed by atoms with Crippen molar-refractivity contribution in [3.8, 4) is 28.4 Å². The molecule has 4 N–H and O–H groups in total. The number of carbonyl (C=O) groups excluding carboxylic acids is 1. The van der Waals surface area contributed by atoms with E-state index in [9.17, 15) is 31.1 Å². The van der Waals surface area contributed by atoms with Gasteiger partial charge in [0.05, 0.1) is 30.6 Å². The van der Waals surface area contributed by atoms with Crippen LogP contribution in [-0.2, 0) is 27.4 Å². The summed E-state index contributed by atoms with van der Waals surface area (Å²) < 4.78 is 80.8. The number of amides is 1. The summed E-state index contributed by atoms with van der Waals surface area (Å²) in [6.45, 7) is 2.54. The molecule has 0 saturated carbocycles. The number of nitrogens with one attached hydrogen (secondary N) is 2. The van der Waals surface area contributed by atoms with Crippen molar-refractivity contribution >= 4 is 23.5 Å². The lowest BCUT2D eigenvalue weighted by Gasteiger charge is -2.25. The average molecular weight is 699 g/mol. The monoisotopic (exact) mass is 698 g/mol. The van der Waals surface area contributed by atoms with Crippen molar-refractivity contribution in [3.05, 3.63) is 83.9 Å². The molecule has 262 valence electrons. The van der Waals surface area contributed by atoms with Gasteiger partial charge in [-0.25, -0.2) is 9.59 Å². The van der Waals surface area contributed by atoms with E-state index >= 15 is 0 Å². The van der Waals surface area contributed by atoms with Gasteiger partial charge in [0.15, 0.2) is 0 Å². The predicted octanol–water partition coefficient (Wildman–Crippen LogP) is 5.82. The second kappa shape index (κ2) is 16.3. The Balaban J connectivity index is 0.000000392. The second-order valence-electron chi connectivity index (χ2n) is 10.0. The normalized spacial score (nSPS) is 13.6. The second-order valence-corrected chi connectivity index (χ2v) is 10.0. The fraction of sp³-hybridized carbons (Fsp3) is 0.258. The van der Waals surface area contributed by atoms with Gasteiger partial charge in [-0.15, -0.1) is 0 Å². The number of carbonyl (C=O) groups is 3. The lowest BCUT2D eigenvalue weighted by atomic mass is 9.95. The minimum Gasteiger partial charge on any atom is -0.497 e. The van der Waals surface area contributed by atoms with Crippen LogP contribution in [0.5, 0.6) is 17.2 Å². The molecule has 1 atom stereocenters. The highest BCUT2D eigenvalue weighted by Gasteiger charge is 2.39. The molecule has 3 heterocycles. The summed E-state index contributed by atoms with van der Waals surface area (Å²) in [6.07, 6.45) is -6.10. The first-order valence-corrected chi connectivity index (χ1v) is 13.9. The van der Waals surface area contributed by atoms with Crippen LogP contribution in [0.2, 0.25) is 0 Å². The molecule has 1 aliphatic rings. The molecule has 1 aliphatic heterocycles. The average Bonchev–Trinajstić information content (AvgIpc) is 3.49. The Kier molecular flexibility index (Phi) is 12.6. The van der Waals surface area contributed by atoms with Crippen LogP contribution in [0.25, 0.3) is 11.1 Å². The quantitative estimate of drug-likeness (QED) is 0.172. The number of anilines is 1. The zero-order valence-electron chi connectivity index (χ0n) is 25.6. The molecule has 12 nitrogen and oxygen atoms in total. The molecule has 0 aliphatic carbocycles. The summed E-state index contributed by atoms with van der Waals surface area (Å²) in [6, 6.07) is 17.0. The number of aromatic nitrogens is 3. The molecule has 0 radical (unpaired) electrons. The van der Waals surface area contributed by atoms with Crippen molar-refractivity contribution in [2.45, 2.75) is 32.3 Å². The number of methoxy groups -OCH3 is 1. The minimum atomic E-state index is -5.08. The fourth-order valence-corrected chi connectivity index (χ4v) is 4.09. The van der Waals surface area contributed by atoms with Gasteiger partial charge in [-0.2, -0.15) is 31.4 Å². The number of aryl methyl sites for hydroxylation is 1. The van der Waals surface area contributed by atoms with Crippen molar-refractivity contribution in [1.29, 1.82) is 0 Å². The molecule has 1 unspecified atom stereocenters. The van der Waals surface area contributed by atoms with E-state index in [4.69, 9.17) is 34.0 Å². The Bertz CT molecular complexity index is 1720. The van der Waals surface area contributed by atoms with Gasteiger partial charge < -0.3 is 29.7 Å². The smallest absolute Gasteiger partial charge is 0.490 e. The van der Waals surface area contributed by atoms with E-state index in [0.717, 1.165) is 39.6 Å². The number of hydrogen-bond donors (Lipinski definition) is 4. The van der Waals surface area contributed by atoms with Gasteiger partial charge in [0.25, 0.3) is 0 Å². The highest BCUT2D eigenvalue weighted by molar-refractivity contribution is 5.95. The van der Waals surface area contributed by atoms with Gasteiger partial charge in [0.2, 0.25) is 5.91 Å². The maximum atomic E-state index is 13.2. The van der Waals surface area contributed by atoms with Crippen LogP contribution in [0.15, 0.2) is 67.0 Å². The number of nitrogens with zero attached hydrogens (tertiary/aromatic N) is 2. The Morgan fingerprint density at radius 2 is 1.67 bits per heavy atom. The Labute approximate surface area is 273 Å². The third-order valence-corrected chi connectivity index (χ3v) is 6.51. The van der Waals surface area contributed by atoms with Crippen molar-refractivity contribution in [1.82, 2.24) is 15.2 Å². The number of rotatable bonds is 7. The lowest BCUT2D eigenvalue weighted by Crippen LogP contribution is -2.32. The van der Waals surface area contributed by atoms with E-state index in [1.807, 2.05) is 61.5 Å². The summed E-state index contributed by atoms with van der Waals surface area (Å²) in [5.41, 5.74) is 5.19. The number of alkyl halides is 6. The molecular weight excluding hydrogens is 670 g/mol. The van der Waals surface area contributed by atoms with E-state index in [0.29, 0.717) is 24.5 Å². The summed E-state index contributed by atoms with van der Waals surface area (Å²) in [4.78, 5) is 35.3. The van der Waals surface area contributed by atoms with Crippen LogP contribution in [0, 0.1) is 12.8 Å². The van der Waals surface area contributed by atoms with Gasteiger partial charge in [-0.3, -0.25) is 14.9 Å². The number of benzene rings is 2. The lowest BCUT2D eigenvalue weighted by molar-refractivity contribution is -0.193. The van der Waals surface area contributed by atoms with E-state index in [-0.39, 0.29) is 18.4 Å². The number of H-pyrrole nitrogens is 1. The van der Waals surface area contributed by atoms with Gasteiger partial charge in [0.1, 0.15) is 30.5 Å². The van der Waals surface area contributed by atoms with E-state index < -0.39 is 24.3 Å². The highest BCUT2D eigenvalue weighted by atomic mass is 19.4. The topological polar surface area (TPSA) is 173 Å². The van der Waals surface area contributed by atoms with Crippen LogP contribution < -0.4 is 19.5 Å². The molecule has 49 heavy (non-hydrogen) atoms. The molecule has 4 aromatic rings. The number of halogens is 6. The number of fused-ring (bicyclic) bond motifs is 1. The van der Waals surface area contributed by atoms with Crippen LogP contribution in [-0.4, -0.2) is 69.3 Å².